The molecule has 1 aromatic carbocycles. The van der Waals surface area contributed by atoms with Gasteiger partial charge in [-0.3, -0.25) is 4.79 Å². The Hall–Kier alpha value is -1.44. The molecule has 1 aromatic rings. The maximum absolute atomic E-state index is 12.7. The maximum atomic E-state index is 12.7. The lowest BCUT2D eigenvalue weighted by Gasteiger charge is -2.37. The summed E-state index contributed by atoms with van der Waals surface area (Å²) in [5.74, 6) is 0.0514. The summed E-state index contributed by atoms with van der Waals surface area (Å²) in [6.45, 7) is 4.57. The van der Waals surface area contributed by atoms with Crippen molar-refractivity contribution in [2.24, 2.45) is 0 Å². The second kappa shape index (κ2) is 7.21. The third kappa shape index (κ3) is 3.63. The lowest BCUT2D eigenvalue weighted by molar-refractivity contribution is -0.134. The van der Waals surface area contributed by atoms with E-state index in [-0.39, 0.29) is 24.2 Å². The number of hydrogen-bond acceptors (Lipinski definition) is 4. The van der Waals surface area contributed by atoms with Crippen LogP contribution < -0.4 is 5.32 Å². The molecule has 0 bridgehead atoms. The molecule has 1 N–H and O–H groups in total. The lowest BCUT2D eigenvalue weighted by Crippen LogP contribution is -2.51. The van der Waals surface area contributed by atoms with Crippen molar-refractivity contribution in [1.82, 2.24) is 14.5 Å². The number of rotatable bonds is 4. The van der Waals surface area contributed by atoms with Crippen molar-refractivity contribution in [2.75, 3.05) is 38.5 Å². The lowest BCUT2D eigenvalue weighted by atomic mass is 10.0. The van der Waals surface area contributed by atoms with E-state index in [1.54, 1.807) is 0 Å². The Bertz CT molecular complexity index is 688. The van der Waals surface area contributed by atoms with Crippen LogP contribution in [0.4, 0.5) is 0 Å². The van der Waals surface area contributed by atoms with Crippen LogP contribution in [0.2, 0.25) is 0 Å². The molecular formula is C17H25N3O3S. The highest BCUT2D eigenvalue weighted by Gasteiger charge is 2.34. The predicted molar refractivity (Wildman–Crippen MR) is 93.1 cm³/mol. The monoisotopic (exact) mass is 351 g/mol. The number of carbonyl (C=O) groups is 1. The van der Waals surface area contributed by atoms with Crippen LogP contribution in [0.25, 0.3) is 0 Å². The summed E-state index contributed by atoms with van der Waals surface area (Å²) in [5, 5.41) is 3.33. The third-order valence-corrected chi connectivity index (χ3v) is 6.75. The van der Waals surface area contributed by atoms with Crippen molar-refractivity contribution in [2.45, 2.75) is 25.8 Å². The van der Waals surface area contributed by atoms with Gasteiger partial charge in [0.15, 0.2) is 0 Å². The fourth-order valence-electron chi connectivity index (χ4n) is 3.39. The van der Waals surface area contributed by atoms with Gasteiger partial charge in [0, 0.05) is 26.2 Å². The summed E-state index contributed by atoms with van der Waals surface area (Å²) in [5.41, 5.74) is 2.36. The second-order valence-electron chi connectivity index (χ2n) is 6.41. The molecule has 6 nitrogen and oxygen atoms in total. The summed E-state index contributed by atoms with van der Waals surface area (Å²) < 4.78 is 25.2. The van der Waals surface area contributed by atoms with E-state index in [2.05, 4.69) is 36.5 Å². The highest BCUT2D eigenvalue weighted by molar-refractivity contribution is 7.89. The molecule has 2 heterocycles. The van der Waals surface area contributed by atoms with Crippen LogP contribution in [0.1, 0.15) is 30.5 Å². The number of carbonyl (C=O) groups excluding carboxylic acids is 1. The van der Waals surface area contributed by atoms with Gasteiger partial charge in [-0.25, -0.2) is 8.42 Å². The van der Waals surface area contributed by atoms with Crippen molar-refractivity contribution in [3.63, 3.8) is 0 Å². The summed E-state index contributed by atoms with van der Waals surface area (Å²) in [7, 11) is -3.24. The Labute approximate surface area is 143 Å². The average Bonchev–Trinajstić information content (AvgIpc) is 2.93. The maximum Gasteiger partial charge on any atom is 0.238 e. The first-order chi connectivity index (χ1) is 11.5. The number of hydrogen-bond donors (Lipinski definition) is 1. The summed E-state index contributed by atoms with van der Waals surface area (Å²) in [6, 6.07) is 8.30. The van der Waals surface area contributed by atoms with Crippen molar-refractivity contribution in [1.29, 1.82) is 0 Å². The Morgan fingerprint density at radius 3 is 2.62 bits per heavy atom. The van der Waals surface area contributed by atoms with Gasteiger partial charge in [0.25, 0.3) is 0 Å². The number of sulfonamides is 1. The van der Waals surface area contributed by atoms with Crippen molar-refractivity contribution in [3.8, 4) is 0 Å². The molecule has 0 saturated carbocycles. The van der Waals surface area contributed by atoms with Crippen LogP contribution in [0.5, 0.6) is 0 Å². The van der Waals surface area contributed by atoms with Crippen molar-refractivity contribution < 1.29 is 13.2 Å². The van der Waals surface area contributed by atoms with Gasteiger partial charge >= 0.3 is 0 Å². The van der Waals surface area contributed by atoms with Crippen LogP contribution in [-0.4, -0.2) is 62.0 Å². The third-order valence-electron chi connectivity index (χ3n) is 4.85. The largest absolute Gasteiger partial charge is 0.332 e. The molecule has 24 heavy (non-hydrogen) atoms. The van der Waals surface area contributed by atoms with Gasteiger partial charge < -0.3 is 10.2 Å². The van der Waals surface area contributed by atoms with E-state index in [1.165, 1.54) is 9.87 Å². The van der Waals surface area contributed by atoms with Crippen LogP contribution in [0, 0.1) is 0 Å². The highest BCUT2D eigenvalue weighted by atomic mass is 32.2. The number of nitrogens with zero attached hydrogens (tertiary/aromatic N) is 2. The van der Waals surface area contributed by atoms with Crippen LogP contribution in [0.3, 0.4) is 0 Å². The molecule has 2 aliphatic heterocycles. The normalized spacial score (nSPS) is 24.2. The highest BCUT2D eigenvalue weighted by Crippen LogP contribution is 2.24. The Morgan fingerprint density at radius 2 is 2.00 bits per heavy atom. The molecule has 132 valence electrons. The number of amides is 1. The molecule has 2 saturated heterocycles. The van der Waals surface area contributed by atoms with Crippen LogP contribution in [-0.2, 0) is 21.2 Å². The molecule has 2 aliphatic rings. The van der Waals surface area contributed by atoms with Gasteiger partial charge in [-0.1, -0.05) is 31.2 Å². The molecule has 2 fully saturated rings. The molecule has 0 aliphatic carbocycles. The molecule has 7 heteroatoms. The number of aryl methyl sites for hydroxylation is 1. The minimum absolute atomic E-state index is 0.0358. The fraction of sp³-hybridized carbons (Fsp3) is 0.588. The van der Waals surface area contributed by atoms with E-state index >= 15 is 0 Å². The molecular weight excluding hydrogens is 326 g/mol. The van der Waals surface area contributed by atoms with E-state index in [9.17, 15) is 13.2 Å². The predicted octanol–water partition coefficient (Wildman–Crippen LogP) is 0.757. The van der Waals surface area contributed by atoms with E-state index < -0.39 is 10.0 Å². The summed E-state index contributed by atoms with van der Waals surface area (Å²) >= 11 is 0. The van der Waals surface area contributed by atoms with E-state index in [4.69, 9.17) is 0 Å². The first kappa shape index (κ1) is 17.4. The number of nitrogens with one attached hydrogen (secondary N) is 1. The van der Waals surface area contributed by atoms with Gasteiger partial charge in [0.2, 0.25) is 15.9 Å². The summed E-state index contributed by atoms with van der Waals surface area (Å²) in [4.78, 5) is 14.6. The molecule has 1 atom stereocenters. The van der Waals surface area contributed by atoms with Crippen molar-refractivity contribution in [3.05, 3.63) is 35.4 Å². The van der Waals surface area contributed by atoms with Gasteiger partial charge in [0.1, 0.15) is 0 Å². The standard InChI is InChI=1S/C17H25N3O3S/c1-2-14-4-6-15(7-5-14)16-12-18-8-10-20(16)17(21)13-19-9-3-11-24(19,22)23/h4-7,16,18H,2-3,8-13H2,1H3. The van der Waals surface area contributed by atoms with E-state index in [0.717, 1.165) is 18.5 Å². The molecule has 0 spiro atoms. The SMILES string of the molecule is CCc1ccc(C2CNCCN2C(=O)CN2CCCS2(=O)=O)cc1. The van der Waals surface area contributed by atoms with Gasteiger partial charge in [0.05, 0.1) is 18.3 Å². The van der Waals surface area contributed by atoms with Crippen LogP contribution in [0.15, 0.2) is 24.3 Å². The quantitative estimate of drug-likeness (QED) is 0.869. The zero-order chi connectivity index (χ0) is 17.2. The molecule has 0 aromatic heterocycles. The second-order valence-corrected chi connectivity index (χ2v) is 8.49. The van der Waals surface area contributed by atoms with Crippen LogP contribution >= 0.6 is 0 Å². The van der Waals surface area contributed by atoms with Gasteiger partial charge in [-0.2, -0.15) is 4.31 Å². The minimum atomic E-state index is -3.24. The van der Waals surface area contributed by atoms with E-state index in [1.807, 2.05) is 4.90 Å². The number of piperazine rings is 1. The Kier molecular flexibility index (Phi) is 5.22. The Balaban J connectivity index is 1.75. The van der Waals surface area contributed by atoms with Gasteiger partial charge in [-0.15, -0.1) is 0 Å². The van der Waals surface area contributed by atoms with Gasteiger partial charge in [-0.05, 0) is 24.0 Å². The summed E-state index contributed by atoms with van der Waals surface area (Å²) in [6.07, 6.45) is 1.59. The average molecular weight is 351 g/mol. The minimum Gasteiger partial charge on any atom is -0.332 e. The fourth-order valence-corrected chi connectivity index (χ4v) is 4.85. The zero-order valence-corrected chi connectivity index (χ0v) is 14.9. The molecule has 1 unspecified atom stereocenters. The molecule has 1 amide bonds. The first-order valence-electron chi connectivity index (χ1n) is 8.58. The molecule has 3 rings (SSSR count). The van der Waals surface area contributed by atoms with E-state index in [0.29, 0.717) is 26.1 Å². The molecule has 0 radical (unpaired) electrons. The topological polar surface area (TPSA) is 69.7 Å². The zero-order valence-electron chi connectivity index (χ0n) is 14.1. The Morgan fingerprint density at radius 1 is 1.25 bits per heavy atom. The smallest absolute Gasteiger partial charge is 0.238 e. The van der Waals surface area contributed by atoms with Crippen molar-refractivity contribution >= 4 is 15.9 Å². The first-order valence-corrected chi connectivity index (χ1v) is 10.2. The number of benzene rings is 1.